The molecule has 2 atom stereocenters. The van der Waals surface area contributed by atoms with Gasteiger partial charge in [0.25, 0.3) is 0 Å². The first-order chi connectivity index (χ1) is 12.8. The van der Waals surface area contributed by atoms with E-state index < -0.39 is 0 Å². The first-order valence-electron chi connectivity index (χ1n) is 10.3. The van der Waals surface area contributed by atoms with Crippen LogP contribution in [0.5, 0.6) is 0 Å². The number of ether oxygens (including phenoxy) is 1. The first kappa shape index (κ1) is 17.8. The van der Waals surface area contributed by atoms with Crippen molar-refractivity contribution in [2.75, 3.05) is 38.2 Å². The number of nitrogens with zero attached hydrogens (tertiary/aromatic N) is 1. The maximum absolute atomic E-state index is 12.6. The van der Waals surface area contributed by atoms with Crippen molar-refractivity contribution in [3.8, 4) is 0 Å². The molecule has 2 N–H and O–H groups in total. The number of fused-ring (bicyclic) bond motifs is 1. The highest BCUT2D eigenvalue weighted by Crippen LogP contribution is 2.28. The predicted octanol–water partition coefficient (Wildman–Crippen LogP) is 3.19. The lowest BCUT2D eigenvalue weighted by molar-refractivity contribution is 0.135. The maximum Gasteiger partial charge on any atom is 0.319 e. The Labute approximate surface area is 156 Å². The molecule has 2 fully saturated rings. The molecule has 0 bridgehead atoms. The number of likely N-dealkylation sites (tertiary alicyclic amines) is 1. The van der Waals surface area contributed by atoms with E-state index in [1.807, 2.05) is 6.07 Å². The summed E-state index contributed by atoms with van der Waals surface area (Å²) in [5.41, 5.74) is 3.71. The number of hydrogen-bond acceptors (Lipinski definition) is 3. The van der Waals surface area contributed by atoms with Gasteiger partial charge in [-0.1, -0.05) is 12.1 Å². The van der Waals surface area contributed by atoms with Crippen LogP contribution in [0.3, 0.4) is 0 Å². The number of carbonyl (C=O) groups excluding carboxylic acids is 1. The minimum atomic E-state index is -0.0768. The summed E-state index contributed by atoms with van der Waals surface area (Å²) in [6, 6.07) is 6.61. The summed E-state index contributed by atoms with van der Waals surface area (Å²) in [6.07, 6.45) is 8.32. The molecule has 2 saturated heterocycles. The number of hydrogen-bond donors (Lipinski definition) is 2. The summed E-state index contributed by atoms with van der Waals surface area (Å²) >= 11 is 0. The van der Waals surface area contributed by atoms with Crippen LogP contribution in [0.2, 0.25) is 0 Å². The molecule has 1 aliphatic carbocycles. The van der Waals surface area contributed by atoms with Gasteiger partial charge in [-0.25, -0.2) is 4.79 Å². The first-order valence-corrected chi connectivity index (χ1v) is 10.3. The summed E-state index contributed by atoms with van der Waals surface area (Å²) in [4.78, 5) is 15.1. The Kier molecular flexibility index (Phi) is 5.75. The molecule has 5 heteroatoms. The van der Waals surface area contributed by atoms with E-state index in [9.17, 15) is 4.79 Å². The van der Waals surface area contributed by atoms with Gasteiger partial charge in [0.15, 0.2) is 0 Å². The van der Waals surface area contributed by atoms with E-state index in [-0.39, 0.29) is 6.03 Å². The Hall–Kier alpha value is -1.59. The van der Waals surface area contributed by atoms with Crippen molar-refractivity contribution in [2.24, 2.45) is 5.92 Å². The van der Waals surface area contributed by atoms with Gasteiger partial charge in [-0.15, -0.1) is 0 Å². The molecule has 0 aromatic heterocycles. The zero-order valence-electron chi connectivity index (χ0n) is 15.6. The van der Waals surface area contributed by atoms with Crippen LogP contribution >= 0.6 is 0 Å². The van der Waals surface area contributed by atoms with Crippen LogP contribution in [-0.4, -0.2) is 49.8 Å². The molecule has 2 amide bonds. The van der Waals surface area contributed by atoms with Gasteiger partial charge in [-0.05, 0) is 75.2 Å². The lowest BCUT2D eigenvalue weighted by atomic mass is 9.90. The fourth-order valence-corrected chi connectivity index (χ4v) is 4.79. The van der Waals surface area contributed by atoms with Crippen molar-refractivity contribution in [1.82, 2.24) is 10.2 Å². The van der Waals surface area contributed by atoms with Crippen molar-refractivity contribution in [3.05, 3.63) is 29.3 Å². The van der Waals surface area contributed by atoms with Gasteiger partial charge in [-0.3, -0.25) is 4.90 Å². The number of nitrogens with one attached hydrogen (secondary N) is 2. The van der Waals surface area contributed by atoms with Crippen LogP contribution < -0.4 is 10.6 Å². The van der Waals surface area contributed by atoms with Gasteiger partial charge in [0.1, 0.15) is 0 Å². The largest absolute Gasteiger partial charge is 0.381 e. The molecule has 4 rings (SSSR count). The third-order valence-electron chi connectivity index (χ3n) is 6.23. The van der Waals surface area contributed by atoms with Gasteiger partial charge >= 0.3 is 6.03 Å². The molecular formula is C21H31N3O2. The molecule has 0 radical (unpaired) electrons. The average Bonchev–Trinajstić information content (AvgIpc) is 3.37. The van der Waals surface area contributed by atoms with E-state index in [0.29, 0.717) is 18.5 Å². The Morgan fingerprint density at radius 2 is 2.04 bits per heavy atom. The number of rotatable bonds is 5. The zero-order chi connectivity index (χ0) is 17.8. The summed E-state index contributed by atoms with van der Waals surface area (Å²) < 4.78 is 5.61. The molecule has 142 valence electrons. The highest BCUT2D eigenvalue weighted by Gasteiger charge is 2.32. The van der Waals surface area contributed by atoms with Crippen molar-refractivity contribution >= 4 is 11.7 Å². The van der Waals surface area contributed by atoms with Gasteiger partial charge in [0.05, 0.1) is 6.61 Å². The van der Waals surface area contributed by atoms with Crippen molar-refractivity contribution in [3.63, 3.8) is 0 Å². The highest BCUT2D eigenvalue weighted by atomic mass is 16.5. The van der Waals surface area contributed by atoms with E-state index in [2.05, 4.69) is 27.7 Å². The third kappa shape index (κ3) is 4.04. The number of urea groups is 1. The summed E-state index contributed by atoms with van der Waals surface area (Å²) in [7, 11) is 0. The number of benzene rings is 1. The van der Waals surface area contributed by atoms with E-state index in [0.717, 1.165) is 51.3 Å². The van der Waals surface area contributed by atoms with E-state index >= 15 is 0 Å². The lowest BCUT2D eigenvalue weighted by Crippen LogP contribution is -2.48. The van der Waals surface area contributed by atoms with E-state index in [4.69, 9.17) is 4.74 Å². The summed E-state index contributed by atoms with van der Waals surface area (Å²) in [6.45, 7) is 4.69. The van der Waals surface area contributed by atoms with Gasteiger partial charge in [0, 0.05) is 30.8 Å². The second-order valence-electron chi connectivity index (χ2n) is 7.92. The third-order valence-corrected chi connectivity index (χ3v) is 6.23. The van der Waals surface area contributed by atoms with Crippen molar-refractivity contribution in [2.45, 2.75) is 51.0 Å². The number of carbonyl (C=O) groups is 1. The normalized spacial score (nSPS) is 24.2. The SMILES string of the molecule is O=C(NC[C@@H]([C@@H]1CCOC1)N1CCCC1)Nc1cccc2c1CCCC2. The molecule has 0 spiro atoms. The lowest BCUT2D eigenvalue weighted by Gasteiger charge is -2.32. The maximum atomic E-state index is 12.6. The standard InChI is InChI=1S/C21H31N3O2/c25-21(23-19-9-5-7-16-6-1-2-8-18(16)19)22-14-20(17-10-13-26-15-17)24-11-3-4-12-24/h5,7,9,17,20H,1-4,6,8,10-15H2,(H2,22,23,25)/t17-,20+/m1/s1. The fourth-order valence-electron chi connectivity index (χ4n) is 4.79. The number of aryl methyl sites for hydroxylation is 1. The monoisotopic (exact) mass is 357 g/mol. The molecular weight excluding hydrogens is 326 g/mol. The quantitative estimate of drug-likeness (QED) is 0.851. The molecule has 26 heavy (non-hydrogen) atoms. The van der Waals surface area contributed by atoms with Crippen molar-refractivity contribution in [1.29, 1.82) is 0 Å². The molecule has 2 aliphatic heterocycles. The molecule has 0 saturated carbocycles. The molecule has 0 unspecified atom stereocenters. The second kappa shape index (κ2) is 8.40. The zero-order valence-corrected chi connectivity index (χ0v) is 15.6. The minimum absolute atomic E-state index is 0.0768. The molecule has 5 nitrogen and oxygen atoms in total. The predicted molar refractivity (Wildman–Crippen MR) is 104 cm³/mol. The summed E-state index contributed by atoms with van der Waals surface area (Å²) in [5, 5.41) is 6.25. The Balaban J connectivity index is 1.36. The smallest absolute Gasteiger partial charge is 0.319 e. The van der Waals surface area contributed by atoms with E-state index in [1.165, 1.54) is 36.8 Å². The van der Waals surface area contributed by atoms with Crippen LogP contribution in [-0.2, 0) is 17.6 Å². The average molecular weight is 357 g/mol. The molecule has 1 aromatic carbocycles. The summed E-state index contributed by atoms with van der Waals surface area (Å²) in [5.74, 6) is 0.540. The molecule has 3 aliphatic rings. The van der Waals surface area contributed by atoms with Crippen LogP contribution in [0.25, 0.3) is 0 Å². The fraction of sp³-hybridized carbons (Fsp3) is 0.667. The molecule has 1 aromatic rings. The van der Waals surface area contributed by atoms with Crippen LogP contribution in [0.1, 0.15) is 43.2 Å². The van der Waals surface area contributed by atoms with Gasteiger partial charge in [-0.2, -0.15) is 0 Å². The molecule has 2 heterocycles. The minimum Gasteiger partial charge on any atom is -0.381 e. The van der Waals surface area contributed by atoms with Crippen LogP contribution in [0, 0.1) is 5.92 Å². The number of amides is 2. The van der Waals surface area contributed by atoms with Crippen LogP contribution in [0.15, 0.2) is 18.2 Å². The van der Waals surface area contributed by atoms with Crippen LogP contribution in [0.4, 0.5) is 10.5 Å². The van der Waals surface area contributed by atoms with E-state index in [1.54, 1.807) is 0 Å². The number of anilines is 1. The van der Waals surface area contributed by atoms with Gasteiger partial charge < -0.3 is 15.4 Å². The second-order valence-corrected chi connectivity index (χ2v) is 7.92. The topological polar surface area (TPSA) is 53.6 Å². The van der Waals surface area contributed by atoms with Gasteiger partial charge in [0.2, 0.25) is 0 Å². The Morgan fingerprint density at radius 3 is 2.85 bits per heavy atom. The Bertz CT molecular complexity index is 606. The Morgan fingerprint density at radius 1 is 1.19 bits per heavy atom. The highest BCUT2D eigenvalue weighted by molar-refractivity contribution is 5.90. The van der Waals surface area contributed by atoms with Crippen molar-refractivity contribution < 1.29 is 9.53 Å².